The van der Waals surface area contributed by atoms with Gasteiger partial charge in [0.15, 0.2) is 16.7 Å². The molecule has 0 aliphatic rings. The normalized spacial score (nSPS) is 10.8. The monoisotopic (exact) mass is 385 g/mol. The number of hydrogen-bond acceptors (Lipinski definition) is 6. The first-order valence-electron chi connectivity index (χ1n) is 8.86. The second kappa shape index (κ2) is 8.77. The van der Waals surface area contributed by atoms with Crippen molar-refractivity contribution < 1.29 is 9.21 Å². The molecule has 2 heterocycles. The van der Waals surface area contributed by atoms with Crippen LogP contribution in [0.2, 0.25) is 0 Å². The number of benzene rings is 1. The molecule has 27 heavy (non-hydrogen) atoms. The summed E-state index contributed by atoms with van der Waals surface area (Å²) in [6, 6.07) is 11.7. The van der Waals surface area contributed by atoms with E-state index in [0.717, 1.165) is 5.69 Å². The van der Waals surface area contributed by atoms with Crippen LogP contribution in [0.3, 0.4) is 0 Å². The van der Waals surface area contributed by atoms with Gasteiger partial charge in [0.1, 0.15) is 0 Å². The van der Waals surface area contributed by atoms with Gasteiger partial charge < -0.3 is 4.42 Å². The zero-order valence-corrected chi connectivity index (χ0v) is 16.5. The van der Waals surface area contributed by atoms with Gasteiger partial charge >= 0.3 is 0 Å². The average molecular weight is 385 g/mol. The zero-order valence-electron chi connectivity index (χ0n) is 15.7. The Balaban J connectivity index is 1.63. The average Bonchev–Trinajstić information content (AvgIpc) is 3.34. The number of hydrazine groups is 1. The summed E-state index contributed by atoms with van der Waals surface area (Å²) in [6.07, 6.45) is 1.61. The Labute approximate surface area is 162 Å². The second-order valence-electron chi connectivity index (χ2n) is 5.93. The number of nitrogens with zero attached hydrogens (tertiary/aromatic N) is 4. The molecular formula is C19H23N5O2S. The lowest BCUT2D eigenvalue weighted by Crippen LogP contribution is -2.43. The molecule has 1 aromatic carbocycles. The number of carbonyl (C=O) groups is 1. The third kappa shape index (κ3) is 4.51. The van der Waals surface area contributed by atoms with Gasteiger partial charge in [0.25, 0.3) is 0 Å². The largest absolute Gasteiger partial charge is 0.461 e. The van der Waals surface area contributed by atoms with Gasteiger partial charge in [-0.2, -0.15) is 0 Å². The van der Waals surface area contributed by atoms with E-state index in [-0.39, 0.29) is 11.7 Å². The maximum atomic E-state index is 12.4. The Morgan fingerprint density at radius 1 is 1.22 bits per heavy atom. The fourth-order valence-electron chi connectivity index (χ4n) is 2.63. The number of thioether (sulfide) groups is 1. The topological polar surface area (TPSA) is 76.2 Å². The van der Waals surface area contributed by atoms with Gasteiger partial charge in [-0.15, -0.1) is 10.2 Å². The van der Waals surface area contributed by atoms with Crippen LogP contribution in [0.25, 0.3) is 11.6 Å². The summed E-state index contributed by atoms with van der Waals surface area (Å²) in [7, 11) is 0. The third-order valence-electron chi connectivity index (χ3n) is 4.03. The molecule has 0 bridgehead atoms. The molecule has 0 aliphatic heterocycles. The molecule has 0 saturated carbocycles. The van der Waals surface area contributed by atoms with Crippen LogP contribution >= 0.6 is 11.8 Å². The smallest absolute Gasteiger partial charge is 0.248 e. The van der Waals surface area contributed by atoms with E-state index in [1.54, 1.807) is 6.26 Å². The lowest BCUT2D eigenvalue weighted by molar-refractivity contribution is -0.118. The quantitative estimate of drug-likeness (QED) is 0.472. The summed E-state index contributed by atoms with van der Waals surface area (Å²) in [5.41, 5.74) is 5.08. The molecule has 0 radical (unpaired) electrons. The summed E-state index contributed by atoms with van der Waals surface area (Å²) in [5, 5.41) is 10.9. The van der Waals surface area contributed by atoms with Crippen LogP contribution in [-0.2, 0) is 11.3 Å². The summed E-state index contributed by atoms with van der Waals surface area (Å²) < 4.78 is 7.35. The molecule has 1 N–H and O–H groups in total. The molecule has 1 amide bonds. The van der Waals surface area contributed by atoms with E-state index < -0.39 is 0 Å². The predicted octanol–water partition coefficient (Wildman–Crippen LogP) is 3.52. The molecule has 3 aromatic rings. The van der Waals surface area contributed by atoms with Crippen molar-refractivity contribution in [3.05, 3.63) is 48.2 Å². The van der Waals surface area contributed by atoms with Crippen LogP contribution < -0.4 is 10.4 Å². The van der Waals surface area contributed by atoms with Crippen LogP contribution in [-0.4, -0.2) is 33.0 Å². The number of rotatable bonds is 8. The lowest BCUT2D eigenvalue weighted by atomic mass is 10.2. The molecule has 0 atom stereocenters. The number of nitrogens with one attached hydrogen (secondary N) is 1. The van der Waals surface area contributed by atoms with Crippen molar-refractivity contribution in [1.82, 2.24) is 20.2 Å². The Hall–Kier alpha value is -2.74. The van der Waals surface area contributed by atoms with E-state index >= 15 is 0 Å². The first-order chi connectivity index (χ1) is 13.1. The van der Waals surface area contributed by atoms with Crippen LogP contribution in [0.15, 0.2) is 52.2 Å². The number of amides is 1. The fourth-order valence-corrected chi connectivity index (χ4v) is 3.43. The van der Waals surface area contributed by atoms with E-state index in [0.29, 0.717) is 29.8 Å². The molecule has 0 aliphatic carbocycles. The van der Waals surface area contributed by atoms with Gasteiger partial charge in [0.2, 0.25) is 5.91 Å². The van der Waals surface area contributed by atoms with Crippen LogP contribution in [0, 0.1) is 6.92 Å². The van der Waals surface area contributed by atoms with E-state index in [4.69, 9.17) is 4.42 Å². The molecule has 142 valence electrons. The van der Waals surface area contributed by atoms with Crippen molar-refractivity contribution in [2.75, 3.05) is 17.3 Å². The van der Waals surface area contributed by atoms with Crippen molar-refractivity contribution in [2.45, 2.75) is 32.5 Å². The number of carbonyl (C=O) groups excluding carboxylic acids is 1. The Morgan fingerprint density at radius 2 is 2.00 bits per heavy atom. The number of furan rings is 1. The lowest BCUT2D eigenvalue weighted by Gasteiger charge is -2.23. The van der Waals surface area contributed by atoms with Gasteiger partial charge in [-0.1, -0.05) is 29.5 Å². The van der Waals surface area contributed by atoms with Crippen molar-refractivity contribution in [1.29, 1.82) is 0 Å². The second-order valence-corrected chi connectivity index (χ2v) is 6.87. The summed E-state index contributed by atoms with van der Waals surface area (Å²) >= 11 is 1.36. The van der Waals surface area contributed by atoms with Crippen LogP contribution in [0.4, 0.5) is 5.69 Å². The molecule has 0 unspecified atom stereocenters. The van der Waals surface area contributed by atoms with Crippen LogP contribution in [0.5, 0.6) is 0 Å². The molecule has 0 spiro atoms. The van der Waals surface area contributed by atoms with Gasteiger partial charge in [-0.25, -0.2) is 0 Å². The Morgan fingerprint density at radius 3 is 2.63 bits per heavy atom. The maximum absolute atomic E-state index is 12.4. The van der Waals surface area contributed by atoms with Gasteiger partial charge in [-0.3, -0.25) is 19.8 Å². The SMILES string of the molecule is CCN(NC(=O)CSc1nnc(-c2ccco2)n1CC)c1ccc(C)cc1. The van der Waals surface area contributed by atoms with E-state index in [9.17, 15) is 4.79 Å². The summed E-state index contributed by atoms with van der Waals surface area (Å²) in [5.74, 6) is 1.49. The van der Waals surface area contributed by atoms with Crippen LogP contribution in [0.1, 0.15) is 19.4 Å². The first kappa shape index (κ1) is 19.0. The van der Waals surface area contributed by atoms with Crippen molar-refractivity contribution >= 4 is 23.4 Å². The number of aromatic nitrogens is 3. The highest BCUT2D eigenvalue weighted by molar-refractivity contribution is 7.99. The molecule has 3 rings (SSSR count). The van der Waals surface area contributed by atoms with Gasteiger partial charge in [-0.05, 0) is 45.0 Å². The Bertz CT molecular complexity index is 874. The summed E-state index contributed by atoms with van der Waals surface area (Å²) in [4.78, 5) is 12.4. The number of anilines is 1. The standard InChI is InChI=1S/C19H23N5O2S/c1-4-23-18(16-7-6-12-26-16)20-21-19(23)27-13-17(25)22-24(5-2)15-10-8-14(3)9-11-15/h6-12H,4-5,13H2,1-3H3,(H,22,25). The zero-order chi connectivity index (χ0) is 19.2. The van der Waals surface area contributed by atoms with Crippen molar-refractivity contribution in [2.24, 2.45) is 0 Å². The molecular weight excluding hydrogens is 362 g/mol. The van der Waals surface area contributed by atoms with Crippen molar-refractivity contribution in [3.63, 3.8) is 0 Å². The van der Waals surface area contributed by atoms with Crippen molar-refractivity contribution in [3.8, 4) is 11.6 Å². The van der Waals surface area contributed by atoms with E-state index in [1.165, 1.54) is 17.3 Å². The highest BCUT2D eigenvalue weighted by Crippen LogP contribution is 2.24. The molecule has 7 nitrogen and oxygen atoms in total. The number of hydrogen-bond donors (Lipinski definition) is 1. The third-order valence-corrected chi connectivity index (χ3v) is 5.00. The number of aryl methyl sites for hydroxylation is 1. The van der Waals surface area contributed by atoms with E-state index in [1.807, 2.05) is 66.7 Å². The van der Waals surface area contributed by atoms with Gasteiger partial charge in [0, 0.05) is 13.1 Å². The maximum Gasteiger partial charge on any atom is 0.248 e. The minimum absolute atomic E-state index is 0.0902. The molecule has 0 fully saturated rings. The summed E-state index contributed by atoms with van der Waals surface area (Å²) in [6.45, 7) is 7.41. The minimum atomic E-state index is -0.0902. The minimum Gasteiger partial charge on any atom is -0.461 e. The van der Waals surface area contributed by atoms with Gasteiger partial charge in [0.05, 0.1) is 17.7 Å². The highest BCUT2D eigenvalue weighted by atomic mass is 32.2. The molecule has 2 aromatic heterocycles. The van der Waals surface area contributed by atoms with E-state index in [2.05, 4.69) is 15.6 Å². The molecule has 8 heteroatoms. The first-order valence-corrected chi connectivity index (χ1v) is 9.84. The molecule has 0 saturated heterocycles. The highest BCUT2D eigenvalue weighted by Gasteiger charge is 2.17. The predicted molar refractivity (Wildman–Crippen MR) is 106 cm³/mol. The Kier molecular flexibility index (Phi) is 6.18. The fraction of sp³-hybridized carbons (Fsp3) is 0.316.